The van der Waals surface area contributed by atoms with E-state index in [0.717, 1.165) is 12.1 Å². The van der Waals surface area contributed by atoms with E-state index in [9.17, 15) is 18.4 Å². The average molecular weight is 402 g/mol. The number of nitrogens with zero attached hydrogens (tertiary/aromatic N) is 1. The Morgan fingerprint density at radius 1 is 1.17 bits per heavy atom. The van der Waals surface area contributed by atoms with E-state index in [1.54, 1.807) is 23.1 Å². The number of ether oxygens (including phenoxy) is 1. The van der Waals surface area contributed by atoms with E-state index >= 15 is 0 Å². The van der Waals surface area contributed by atoms with Crippen LogP contribution in [0.4, 0.5) is 20.2 Å². The van der Waals surface area contributed by atoms with Gasteiger partial charge in [-0.05, 0) is 50.1 Å². The van der Waals surface area contributed by atoms with Crippen LogP contribution in [0.15, 0.2) is 36.4 Å². The number of halogens is 2. The SMILES string of the molecule is CC(C)CN1C(=O)C(C)(C)COc2cc(NC(=O)c3ccc(F)c(F)c3)ccc21. The third-order valence-corrected chi connectivity index (χ3v) is 4.65. The summed E-state index contributed by atoms with van der Waals surface area (Å²) >= 11 is 0. The van der Waals surface area contributed by atoms with Crippen molar-refractivity contribution in [2.45, 2.75) is 27.7 Å². The van der Waals surface area contributed by atoms with E-state index < -0.39 is 23.0 Å². The molecule has 0 fully saturated rings. The Labute approximate surface area is 168 Å². The number of carbonyl (C=O) groups excluding carboxylic acids is 2. The molecule has 0 spiro atoms. The van der Waals surface area contributed by atoms with Crippen LogP contribution >= 0.6 is 0 Å². The van der Waals surface area contributed by atoms with Crippen LogP contribution in [0.5, 0.6) is 5.75 Å². The Bertz CT molecular complexity index is 957. The predicted octanol–water partition coefficient (Wildman–Crippen LogP) is 4.62. The number of fused-ring (bicyclic) bond motifs is 1. The summed E-state index contributed by atoms with van der Waals surface area (Å²) in [7, 11) is 0. The lowest BCUT2D eigenvalue weighted by molar-refractivity contribution is -0.127. The Morgan fingerprint density at radius 2 is 1.90 bits per heavy atom. The van der Waals surface area contributed by atoms with Crippen LogP contribution in [-0.2, 0) is 4.79 Å². The number of rotatable bonds is 4. The lowest BCUT2D eigenvalue weighted by Gasteiger charge is -2.29. The van der Waals surface area contributed by atoms with Crippen LogP contribution < -0.4 is 15.0 Å². The Balaban J connectivity index is 1.90. The van der Waals surface area contributed by atoms with Gasteiger partial charge in [0.05, 0.1) is 11.1 Å². The Hall–Kier alpha value is -2.96. The average Bonchev–Trinajstić information content (AvgIpc) is 2.74. The molecule has 154 valence electrons. The number of hydrogen-bond acceptors (Lipinski definition) is 3. The van der Waals surface area contributed by atoms with Gasteiger partial charge in [-0.2, -0.15) is 0 Å². The van der Waals surface area contributed by atoms with E-state index in [4.69, 9.17) is 4.74 Å². The second-order valence-electron chi connectivity index (χ2n) is 8.25. The fourth-order valence-corrected chi connectivity index (χ4v) is 3.11. The third-order valence-electron chi connectivity index (χ3n) is 4.65. The minimum absolute atomic E-state index is 0.00231. The monoisotopic (exact) mass is 402 g/mol. The summed E-state index contributed by atoms with van der Waals surface area (Å²) in [5.74, 6) is -1.97. The van der Waals surface area contributed by atoms with Gasteiger partial charge < -0.3 is 15.0 Å². The van der Waals surface area contributed by atoms with E-state index in [1.807, 2.05) is 27.7 Å². The summed E-state index contributed by atoms with van der Waals surface area (Å²) in [4.78, 5) is 27.1. The quantitative estimate of drug-likeness (QED) is 0.812. The summed E-state index contributed by atoms with van der Waals surface area (Å²) in [6, 6.07) is 7.96. The van der Waals surface area contributed by atoms with Gasteiger partial charge in [-0.1, -0.05) is 13.8 Å². The molecule has 2 aromatic carbocycles. The van der Waals surface area contributed by atoms with Gasteiger partial charge in [0.15, 0.2) is 11.6 Å². The predicted molar refractivity (Wildman–Crippen MR) is 107 cm³/mol. The molecule has 0 aromatic heterocycles. The first kappa shape index (κ1) is 20.8. The topological polar surface area (TPSA) is 58.6 Å². The van der Waals surface area contributed by atoms with Crippen molar-refractivity contribution in [3.8, 4) is 5.75 Å². The number of nitrogens with one attached hydrogen (secondary N) is 1. The maximum Gasteiger partial charge on any atom is 0.255 e. The molecule has 5 nitrogen and oxygen atoms in total. The first-order valence-corrected chi connectivity index (χ1v) is 9.44. The molecule has 0 saturated heterocycles. The van der Waals surface area contributed by atoms with Gasteiger partial charge in [0.25, 0.3) is 5.91 Å². The number of hydrogen-bond donors (Lipinski definition) is 1. The molecule has 0 radical (unpaired) electrons. The van der Waals surface area contributed by atoms with E-state index in [0.29, 0.717) is 23.7 Å². The molecule has 0 atom stereocenters. The van der Waals surface area contributed by atoms with Gasteiger partial charge in [-0.25, -0.2) is 8.78 Å². The Morgan fingerprint density at radius 3 is 2.55 bits per heavy atom. The highest BCUT2D eigenvalue weighted by atomic mass is 19.2. The maximum atomic E-state index is 13.4. The lowest BCUT2D eigenvalue weighted by atomic mass is 9.92. The van der Waals surface area contributed by atoms with E-state index in [-0.39, 0.29) is 24.0 Å². The highest BCUT2D eigenvalue weighted by Gasteiger charge is 2.38. The molecule has 0 saturated carbocycles. The highest BCUT2D eigenvalue weighted by molar-refractivity contribution is 6.05. The maximum absolute atomic E-state index is 13.4. The van der Waals surface area contributed by atoms with Gasteiger partial charge >= 0.3 is 0 Å². The van der Waals surface area contributed by atoms with Crippen molar-refractivity contribution >= 4 is 23.2 Å². The molecule has 2 amide bonds. The fourth-order valence-electron chi connectivity index (χ4n) is 3.11. The minimum atomic E-state index is -1.09. The van der Waals surface area contributed by atoms with Crippen LogP contribution in [0.25, 0.3) is 0 Å². The van der Waals surface area contributed by atoms with Gasteiger partial charge in [-0.15, -0.1) is 0 Å². The fraction of sp³-hybridized carbons (Fsp3) is 0.364. The van der Waals surface area contributed by atoms with Crippen LogP contribution in [-0.4, -0.2) is 25.0 Å². The molecule has 7 heteroatoms. The van der Waals surface area contributed by atoms with Gasteiger partial charge in [0.1, 0.15) is 12.4 Å². The molecule has 0 aliphatic carbocycles. The van der Waals surface area contributed by atoms with Gasteiger partial charge in [0, 0.05) is 23.9 Å². The number of carbonyl (C=O) groups is 2. The van der Waals surface area contributed by atoms with Crippen molar-refractivity contribution < 1.29 is 23.1 Å². The summed E-state index contributed by atoms with van der Waals surface area (Å²) in [5, 5.41) is 2.65. The van der Waals surface area contributed by atoms with Crippen molar-refractivity contribution in [2.75, 3.05) is 23.4 Å². The largest absolute Gasteiger partial charge is 0.490 e. The van der Waals surface area contributed by atoms with Crippen LogP contribution in [0.1, 0.15) is 38.1 Å². The van der Waals surface area contributed by atoms with E-state index in [1.165, 1.54) is 6.07 Å². The van der Waals surface area contributed by atoms with Crippen LogP contribution in [0.2, 0.25) is 0 Å². The molecule has 0 bridgehead atoms. The molecule has 29 heavy (non-hydrogen) atoms. The van der Waals surface area contributed by atoms with Gasteiger partial charge in [0.2, 0.25) is 5.91 Å². The number of amides is 2. The number of anilines is 2. The van der Waals surface area contributed by atoms with Crippen molar-refractivity contribution in [3.63, 3.8) is 0 Å². The molecular formula is C22H24F2N2O3. The van der Waals surface area contributed by atoms with Crippen LogP contribution in [0, 0.1) is 23.0 Å². The lowest BCUT2D eigenvalue weighted by Crippen LogP contribution is -2.43. The van der Waals surface area contributed by atoms with Crippen molar-refractivity contribution in [1.82, 2.24) is 0 Å². The van der Waals surface area contributed by atoms with E-state index in [2.05, 4.69) is 5.32 Å². The summed E-state index contributed by atoms with van der Waals surface area (Å²) in [5.41, 5.74) is 0.371. The second-order valence-corrected chi connectivity index (χ2v) is 8.25. The molecule has 1 aliphatic heterocycles. The summed E-state index contributed by atoms with van der Waals surface area (Å²) in [6.07, 6.45) is 0. The molecule has 3 rings (SSSR count). The summed E-state index contributed by atoms with van der Waals surface area (Å²) < 4.78 is 32.4. The zero-order valence-corrected chi connectivity index (χ0v) is 16.9. The molecule has 1 heterocycles. The molecule has 1 aliphatic rings. The zero-order chi connectivity index (χ0) is 21.3. The smallest absolute Gasteiger partial charge is 0.255 e. The molecule has 2 aromatic rings. The van der Waals surface area contributed by atoms with Crippen molar-refractivity contribution in [2.24, 2.45) is 11.3 Å². The first-order chi connectivity index (χ1) is 13.6. The molecule has 0 unspecified atom stereocenters. The zero-order valence-electron chi connectivity index (χ0n) is 16.9. The third kappa shape index (κ3) is 4.39. The second kappa shape index (κ2) is 7.81. The van der Waals surface area contributed by atoms with Crippen molar-refractivity contribution in [1.29, 1.82) is 0 Å². The normalized spacial score (nSPS) is 15.6. The number of benzene rings is 2. The van der Waals surface area contributed by atoms with Crippen LogP contribution in [0.3, 0.4) is 0 Å². The highest BCUT2D eigenvalue weighted by Crippen LogP contribution is 2.38. The first-order valence-electron chi connectivity index (χ1n) is 9.44. The molecular weight excluding hydrogens is 378 g/mol. The Kier molecular flexibility index (Phi) is 5.59. The molecule has 1 N–H and O–H groups in total. The van der Waals surface area contributed by atoms with Gasteiger partial charge in [-0.3, -0.25) is 9.59 Å². The standard InChI is InChI=1S/C22H24F2N2O3/c1-13(2)11-26-18-8-6-15(10-19(18)29-12-22(3,4)21(26)28)25-20(27)14-5-7-16(23)17(24)9-14/h5-10,13H,11-12H2,1-4H3,(H,25,27). The minimum Gasteiger partial charge on any atom is -0.490 e. The van der Waals surface area contributed by atoms with Crippen molar-refractivity contribution in [3.05, 3.63) is 53.6 Å². The summed E-state index contributed by atoms with van der Waals surface area (Å²) in [6.45, 7) is 8.47.